The number of likely N-dealkylation sites (N-methyl/N-ethyl adjacent to an activating group) is 1. The molecule has 1 heteroatoms. The molecule has 20 heavy (non-hydrogen) atoms. The topological polar surface area (TPSA) is 3.24 Å². The molecule has 0 N–H and O–H groups in total. The zero-order chi connectivity index (χ0) is 14.1. The first-order chi connectivity index (χ1) is 9.70. The zero-order valence-corrected chi connectivity index (χ0v) is 12.2. The molecule has 1 saturated heterocycles. The van der Waals surface area contributed by atoms with Crippen LogP contribution in [0.4, 0.5) is 0 Å². The Morgan fingerprint density at radius 3 is 2.10 bits per heavy atom. The van der Waals surface area contributed by atoms with Crippen LogP contribution in [-0.2, 0) is 0 Å². The fraction of sp³-hybridized carbons (Fsp3) is 0.263. The van der Waals surface area contributed by atoms with Crippen LogP contribution < -0.4 is 0 Å². The van der Waals surface area contributed by atoms with Crippen LogP contribution in [0.15, 0.2) is 67.2 Å². The van der Waals surface area contributed by atoms with Gasteiger partial charge < -0.3 is 0 Å². The first-order valence-electron chi connectivity index (χ1n) is 7.21. The van der Waals surface area contributed by atoms with Gasteiger partial charge in [-0.1, -0.05) is 67.2 Å². The third kappa shape index (κ3) is 2.08. The van der Waals surface area contributed by atoms with E-state index >= 15 is 0 Å². The van der Waals surface area contributed by atoms with E-state index in [2.05, 4.69) is 86.1 Å². The van der Waals surface area contributed by atoms with E-state index in [1.807, 2.05) is 0 Å². The van der Waals surface area contributed by atoms with Crippen LogP contribution in [-0.4, -0.2) is 24.0 Å². The van der Waals surface area contributed by atoms with E-state index in [0.717, 1.165) is 0 Å². The van der Waals surface area contributed by atoms with Crippen molar-refractivity contribution >= 4 is 5.57 Å². The SMILES string of the molecule is C=C(c1ccccc1)[C@@H]1[C@@H](c2ccccc2)[C@H](C)N1C. The molecule has 0 saturated carbocycles. The van der Waals surface area contributed by atoms with E-state index in [1.54, 1.807) is 0 Å². The molecule has 1 aliphatic heterocycles. The summed E-state index contributed by atoms with van der Waals surface area (Å²) in [6.45, 7) is 6.66. The fourth-order valence-electron chi connectivity index (χ4n) is 3.34. The first kappa shape index (κ1) is 13.1. The third-order valence-electron chi connectivity index (χ3n) is 4.63. The van der Waals surface area contributed by atoms with Crippen LogP contribution in [0.2, 0.25) is 0 Å². The summed E-state index contributed by atoms with van der Waals surface area (Å²) in [5.41, 5.74) is 3.89. The molecule has 102 valence electrons. The molecule has 0 aliphatic carbocycles. The second kappa shape index (κ2) is 5.26. The van der Waals surface area contributed by atoms with E-state index in [1.165, 1.54) is 16.7 Å². The Bertz CT molecular complexity index is 588. The minimum atomic E-state index is 0.398. The van der Waals surface area contributed by atoms with Crippen molar-refractivity contribution in [2.24, 2.45) is 0 Å². The van der Waals surface area contributed by atoms with E-state index in [-0.39, 0.29) is 0 Å². The van der Waals surface area contributed by atoms with Gasteiger partial charge in [0.1, 0.15) is 0 Å². The van der Waals surface area contributed by atoms with Gasteiger partial charge in [-0.3, -0.25) is 4.90 Å². The third-order valence-corrected chi connectivity index (χ3v) is 4.63. The van der Waals surface area contributed by atoms with Crippen LogP contribution in [0.5, 0.6) is 0 Å². The average Bonchev–Trinajstić information content (AvgIpc) is 2.52. The molecule has 3 atom stereocenters. The van der Waals surface area contributed by atoms with Crippen molar-refractivity contribution in [3.05, 3.63) is 78.4 Å². The highest BCUT2D eigenvalue weighted by Gasteiger charge is 2.45. The fourth-order valence-corrected chi connectivity index (χ4v) is 3.34. The number of rotatable bonds is 3. The number of hydrogen-bond acceptors (Lipinski definition) is 1. The van der Waals surface area contributed by atoms with Crippen LogP contribution in [0, 0.1) is 0 Å². The van der Waals surface area contributed by atoms with Crippen LogP contribution in [0.25, 0.3) is 5.57 Å². The van der Waals surface area contributed by atoms with Crippen molar-refractivity contribution < 1.29 is 0 Å². The van der Waals surface area contributed by atoms with E-state index in [9.17, 15) is 0 Å². The lowest BCUT2D eigenvalue weighted by molar-refractivity contribution is 0.0604. The molecule has 2 aromatic rings. The van der Waals surface area contributed by atoms with Crippen molar-refractivity contribution in [3.63, 3.8) is 0 Å². The van der Waals surface area contributed by atoms with Gasteiger partial charge in [-0.25, -0.2) is 0 Å². The van der Waals surface area contributed by atoms with Crippen molar-refractivity contribution in [2.75, 3.05) is 7.05 Å². The molecule has 0 bridgehead atoms. The van der Waals surface area contributed by atoms with Crippen molar-refractivity contribution in [1.82, 2.24) is 4.90 Å². The molecule has 0 spiro atoms. The average molecular weight is 263 g/mol. The summed E-state index contributed by atoms with van der Waals surface area (Å²) >= 11 is 0. The maximum Gasteiger partial charge on any atom is 0.0431 e. The largest absolute Gasteiger partial charge is 0.295 e. The molecule has 0 aromatic heterocycles. The highest BCUT2D eigenvalue weighted by molar-refractivity contribution is 5.70. The Balaban J connectivity index is 1.90. The first-order valence-corrected chi connectivity index (χ1v) is 7.21. The molecule has 3 rings (SSSR count). The van der Waals surface area contributed by atoms with Gasteiger partial charge in [-0.15, -0.1) is 0 Å². The molecule has 2 aromatic carbocycles. The second-order valence-electron chi connectivity index (χ2n) is 5.68. The monoisotopic (exact) mass is 263 g/mol. The number of hydrogen-bond donors (Lipinski definition) is 0. The van der Waals surface area contributed by atoms with Gasteiger partial charge in [0.15, 0.2) is 0 Å². The Hall–Kier alpha value is -1.86. The Kier molecular flexibility index (Phi) is 3.45. The predicted molar refractivity (Wildman–Crippen MR) is 85.7 cm³/mol. The summed E-state index contributed by atoms with van der Waals surface area (Å²) in [4.78, 5) is 2.42. The van der Waals surface area contributed by atoms with Gasteiger partial charge in [0.2, 0.25) is 0 Å². The Morgan fingerprint density at radius 1 is 0.950 bits per heavy atom. The van der Waals surface area contributed by atoms with Gasteiger partial charge in [-0.2, -0.15) is 0 Å². The maximum atomic E-state index is 4.37. The molecule has 0 unspecified atom stereocenters. The van der Waals surface area contributed by atoms with Gasteiger partial charge in [0.25, 0.3) is 0 Å². The predicted octanol–water partition coefficient (Wildman–Crippen LogP) is 4.19. The van der Waals surface area contributed by atoms with Crippen LogP contribution in [0.1, 0.15) is 24.0 Å². The summed E-state index contributed by atoms with van der Waals surface area (Å²) < 4.78 is 0. The van der Waals surface area contributed by atoms with Crippen molar-refractivity contribution in [3.8, 4) is 0 Å². The maximum absolute atomic E-state index is 4.37. The highest BCUT2D eigenvalue weighted by atomic mass is 15.2. The minimum absolute atomic E-state index is 0.398. The lowest BCUT2D eigenvalue weighted by Gasteiger charge is -2.53. The number of nitrogens with zero attached hydrogens (tertiary/aromatic N) is 1. The van der Waals surface area contributed by atoms with Crippen molar-refractivity contribution in [1.29, 1.82) is 0 Å². The van der Waals surface area contributed by atoms with E-state index in [4.69, 9.17) is 0 Å². The van der Waals surface area contributed by atoms with Crippen LogP contribution >= 0.6 is 0 Å². The summed E-state index contributed by atoms with van der Waals surface area (Å²) in [6.07, 6.45) is 0. The summed E-state index contributed by atoms with van der Waals surface area (Å²) in [5.74, 6) is 0.536. The molecular formula is C19H21N. The summed E-state index contributed by atoms with van der Waals surface area (Å²) in [6, 6.07) is 22.3. The smallest absolute Gasteiger partial charge is 0.0431 e. The van der Waals surface area contributed by atoms with E-state index < -0.39 is 0 Å². The molecule has 1 heterocycles. The number of likely N-dealkylation sites (tertiary alicyclic amines) is 1. The highest BCUT2D eigenvalue weighted by Crippen LogP contribution is 2.44. The zero-order valence-electron chi connectivity index (χ0n) is 12.2. The molecule has 1 aliphatic rings. The van der Waals surface area contributed by atoms with Gasteiger partial charge in [0, 0.05) is 18.0 Å². The molecule has 0 amide bonds. The van der Waals surface area contributed by atoms with Crippen LogP contribution in [0.3, 0.4) is 0 Å². The van der Waals surface area contributed by atoms with Gasteiger partial charge in [-0.05, 0) is 30.7 Å². The lowest BCUT2D eigenvalue weighted by Crippen LogP contribution is -2.59. The second-order valence-corrected chi connectivity index (χ2v) is 5.68. The molecule has 0 radical (unpaired) electrons. The minimum Gasteiger partial charge on any atom is -0.295 e. The molecular weight excluding hydrogens is 242 g/mol. The standard InChI is InChI=1S/C19H21N/c1-14(16-10-6-4-7-11-16)19-18(15(2)20(19)3)17-12-8-5-9-13-17/h4-13,15,18-19H,1H2,2-3H3/t15-,18+,19+/m0/s1. The van der Waals surface area contributed by atoms with Gasteiger partial charge >= 0.3 is 0 Å². The van der Waals surface area contributed by atoms with Gasteiger partial charge in [0.05, 0.1) is 0 Å². The quantitative estimate of drug-likeness (QED) is 0.802. The van der Waals surface area contributed by atoms with E-state index in [0.29, 0.717) is 18.0 Å². The molecule has 1 fully saturated rings. The Morgan fingerprint density at radius 2 is 1.50 bits per heavy atom. The Labute approximate surface area is 121 Å². The summed E-state index contributed by atoms with van der Waals surface area (Å²) in [5, 5.41) is 0. The number of benzene rings is 2. The molecule has 1 nitrogen and oxygen atoms in total. The lowest BCUT2D eigenvalue weighted by atomic mass is 9.72. The summed E-state index contributed by atoms with van der Waals surface area (Å²) in [7, 11) is 2.20. The van der Waals surface area contributed by atoms with Crippen molar-refractivity contribution in [2.45, 2.75) is 24.9 Å². The normalized spacial score (nSPS) is 26.0.